The largest absolute Gasteiger partial charge is 0.480 e. The summed E-state index contributed by atoms with van der Waals surface area (Å²) in [5.41, 5.74) is 2.26. The van der Waals surface area contributed by atoms with Gasteiger partial charge in [-0.3, -0.25) is 4.98 Å². The van der Waals surface area contributed by atoms with Crippen LogP contribution in [0.1, 0.15) is 6.23 Å². The number of fused-ring (bicyclic) bond motifs is 2. The maximum absolute atomic E-state index is 10.6. The predicted octanol–water partition coefficient (Wildman–Crippen LogP) is 2.48. The third kappa shape index (κ3) is 3.61. The number of ether oxygens (including phenoxy) is 2. The van der Waals surface area contributed by atoms with Crippen LogP contribution in [0.3, 0.4) is 0 Å². The summed E-state index contributed by atoms with van der Waals surface area (Å²) >= 11 is 3.42. The number of benzene rings is 1. The number of pyridine rings is 1. The van der Waals surface area contributed by atoms with Crippen molar-refractivity contribution in [2.24, 2.45) is 0 Å². The molecule has 160 valence electrons. The van der Waals surface area contributed by atoms with Crippen LogP contribution < -0.4 is 10.1 Å². The van der Waals surface area contributed by atoms with Gasteiger partial charge in [-0.2, -0.15) is 0 Å². The zero-order valence-corrected chi connectivity index (χ0v) is 18.1. The highest BCUT2D eigenvalue weighted by atomic mass is 79.9. The van der Waals surface area contributed by atoms with E-state index in [0.717, 1.165) is 21.1 Å². The second-order valence-electron chi connectivity index (χ2n) is 7.33. The lowest BCUT2D eigenvalue weighted by molar-refractivity contribution is -0.0309. The first-order chi connectivity index (χ1) is 15.0. The maximum atomic E-state index is 10.6. The molecule has 10 heteroatoms. The van der Waals surface area contributed by atoms with E-state index in [1.54, 1.807) is 23.0 Å². The zero-order valence-electron chi connectivity index (χ0n) is 16.5. The molecule has 1 aliphatic rings. The van der Waals surface area contributed by atoms with Gasteiger partial charge < -0.3 is 29.6 Å². The molecule has 0 spiro atoms. The average molecular weight is 486 g/mol. The van der Waals surface area contributed by atoms with Crippen LogP contribution in [-0.4, -0.2) is 61.7 Å². The SMILES string of the molecule is COc1ncnc2c1ccn2[C@@H]1O[C@H](CNc2ccc3cc(Br)cnc3c2)[C@@H](O)[C@H]1O. The van der Waals surface area contributed by atoms with E-state index in [1.807, 2.05) is 24.3 Å². The first-order valence-corrected chi connectivity index (χ1v) is 10.5. The standard InChI is InChI=1S/C21H20BrN5O4/c1-30-20-14-4-5-27(19(14)25-10-26-20)21-18(29)17(28)16(31-21)9-23-13-3-2-11-6-12(22)8-24-15(11)7-13/h2-8,10,16-18,21,23,28-29H,9H2,1H3/t16-,17-,18-,21-/m1/s1. The van der Waals surface area contributed by atoms with E-state index < -0.39 is 24.5 Å². The van der Waals surface area contributed by atoms with Gasteiger partial charge in [-0.1, -0.05) is 6.07 Å². The average Bonchev–Trinajstić information content (AvgIpc) is 3.33. The normalized spacial score (nSPS) is 23.5. The lowest BCUT2D eigenvalue weighted by atomic mass is 10.1. The van der Waals surface area contributed by atoms with Crippen molar-refractivity contribution in [3.05, 3.63) is 53.5 Å². The van der Waals surface area contributed by atoms with Crippen molar-refractivity contribution in [2.45, 2.75) is 24.5 Å². The van der Waals surface area contributed by atoms with Crippen LogP contribution in [0, 0.1) is 0 Å². The van der Waals surface area contributed by atoms with Gasteiger partial charge in [0.05, 0.1) is 18.0 Å². The summed E-state index contributed by atoms with van der Waals surface area (Å²) < 4.78 is 13.9. The summed E-state index contributed by atoms with van der Waals surface area (Å²) in [5.74, 6) is 0.437. The molecule has 0 aliphatic carbocycles. The van der Waals surface area contributed by atoms with Gasteiger partial charge in [0.1, 0.15) is 30.3 Å². The molecule has 1 fully saturated rings. The summed E-state index contributed by atoms with van der Waals surface area (Å²) in [7, 11) is 1.53. The highest BCUT2D eigenvalue weighted by Crippen LogP contribution is 2.33. The molecule has 3 N–H and O–H groups in total. The van der Waals surface area contributed by atoms with Gasteiger partial charge in [-0.15, -0.1) is 0 Å². The molecule has 0 radical (unpaired) electrons. The molecule has 0 unspecified atom stereocenters. The molecule has 4 aromatic rings. The molecule has 4 atom stereocenters. The van der Waals surface area contributed by atoms with Gasteiger partial charge in [0.2, 0.25) is 5.88 Å². The van der Waals surface area contributed by atoms with Crippen molar-refractivity contribution in [2.75, 3.05) is 19.0 Å². The van der Waals surface area contributed by atoms with E-state index in [-0.39, 0.29) is 0 Å². The number of anilines is 1. The fourth-order valence-electron chi connectivity index (χ4n) is 3.87. The van der Waals surface area contributed by atoms with E-state index in [1.165, 1.54) is 13.4 Å². The molecule has 1 aliphatic heterocycles. The Bertz CT molecular complexity index is 1250. The van der Waals surface area contributed by atoms with Crippen LogP contribution in [0.25, 0.3) is 21.9 Å². The summed E-state index contributed by atoms with van der Waals surface area (Å²) in [6.45, 7) is 0.314. The van der Waals surface area contributed by atoms with Crippen molar-refractivity contribution < 1.29 is 19.7 Å². The number of rotatable bonds is 5. The predicted molar refractivity (Wildman–Crippen MR) is 118 cm³/mol. The number of nitrogens with one attached hydrogen (secondary N) is 1. The first kappa shape index (κ1) is 20.1. The van der Waals surface area contributed by atoms with Crippen molar-refractivity contribution in [1.29, 1.82) is 0 Å². The molecule has 1 aromatic carbocycles. The second kappa shape index (κ2) is 8.04. The zero-order chi connectivity index (χ0) is 21.5. The lowest BCUT2D eigenvalue weighted by Crippen LogP contribution is -2.35. The van der Waals surface area contributed by atoms with Crippen LogP contribution >= 0.6 is 15.9 Å². The Morgan fingerprint density at radius 3 is 2.87 bits per heavy atom. The van der Waals surface area contributed by atoms with Gasteiger partial charge in [-0.25, -0.2) is 9.97 Å². The van der Waals surface area contributed by atoms with E-state index in [9.17, 15) is 10.2 Å². The highest BCUT2D eigenvalue weighted by Gasteiger charge is 2.44. The Hall–Kier alpha value is -2.79. The molecular formula is C21H20BrN5O4. The fraction of sp³-hybridized carbons (Fsp3) is 0.286. The number of aliphatic hydroxyl groups is 2. The van der Waals surface area contributed by atoms with Gasteiger partial charge >= 0.3 is 0 Å². The molecule has 31 heavy (non-hydrogen) atoms. The van der Waals surface area contributed by atoms with Gasteiger partial charge in [0, 0.05) is 34.5 Å². The van der Waals surface area contributed by atoms with Crippen LogP contribution in [0.5, 0.6) is 5.88 Å². The second-order valence-corrected chi connectivity index (χ2v) is 8.25. The molecule has 0 saturated carbocycles. The van der Waals surface area contributed by atoms with Gasteiger partial charge in [0.15, 0.2) is 6.23 Å². The summed E-state index contributed by atoms with van der Waals surface area (Å²) in [6, 6.07) is 9.63. The number of methoxy groups -OCH3 is 1. The van der Waals surface area contributed by atoms with Crippen molar-refractivity contribution in [1.82, 2.24) is 19.5 Å². The van der Waals surface area contributed by atoms with Crippen LogP contribution in [0.4, 0.5) is 5.69 Å². The minimum Gasteiger partial charge on any atom is -0.480 e. The van der Waals surface area contributed by atoms with Crippen molar-refractivity contribution in [3.63, 3.8) is 0 Å². The van der Waals surface area contributed by atoms with Crippen LogP contribution in [-0.2, 0) is 4.74 Å². The monoisotopic (exact) mass is 485 g/mol. The van der Waals surface area contributed by atoms with Gasteiger partial charge in [0.25, 0.3) is 0 Å². The Balaban J connectivity index is 1.34. The van der Waals surface area contributed by atoms with E-state index in [0.29, 0.717) is 23.5 Å². The van der Waals surface area contributed by atoms with E-state index >= 15 is 0 Å². The maximum Gasteiger partial charge on any atom is 0.225 e. The first-order valence-electron chi connectivity index (χ1n) is 9.71. The summed E-state index contributed by atoms with van der Waals surface area (Å²) in [4.78, 5) is 12.8. The number of hydrogen-bond donors (Lipinski definition) is 3. The third-order valence-electron chi connectivity index (χ3n) is 5.44. The topological polar surface area (TPSA) is 115 Å². The summed E-state index contributed by atoms with van der Waals surface area (Å²) in [6.07, 6.45) is 1.31. The van der Waals surface area contributed by atoms with Gasteiger partial charge in [-0.05, 0) is 40.2 Å². The summed E-state index contributed by atoms with van der Waals surface area (Å²) in [5, 5.41) is 26.2. The Kier molecular flexibility index (Phi) is 5.22. The van der Waals surface area contributed by atoms with E-state index in [2.05, 4.69) is 36.2 Å². The molecule has 0 bridgehead atoms. The Morgan fingerprint density at radius 2 is 2.03 bits per heavy atom. The number of nitrogens with zero attached hydrogens (tertiary/aromatic N) is 4. The number of aromatic nitrogens is 4. The van der Waals surface area contributed by atoms with Crippen LogP contribution in [0.2, 0.25) is 0 Å². The molecule has 9 nitrogen and oxygen atoms in total. The molecule has 5 rings (SSSR count). The van der Waals surface area contributed by atoms with E-state index in [4.69, 9.17) is 9.47 Å². The molecular weight excluding hydrogens is 466 g/mol. The number of hydrogen-bond acceptors (Lipinski definition) is 8. The minimum absolute atomic E-state index is 0.314. The Labute approximate surface area is 185 Å². The highest BCUT2D eigenvalue weighted by molar-refractivity contribution is 9.10. The van der Waals surface area contributed by atoms with Crippen LogP contribution in [0.15, 0.2) is 53.5 Å². The fourth-order valence-corrected chi connectivity index (χ4v) is 4.22. The number of halogens is 1. The molecule has 3 aromatic heterocycles. The quantitative estimate of drug-likeness (QED) is 0.394. The smallest absolute Gasteiger partial charge is 0.225 e. The molecule has 0 amide bonds. The molecule has 1 saturated heterocycles. The Morgan fingerprint density at radius 1 is 1.16 bits per heavy atom. The van der Waals surface area contributed by atoms with Crippen molar-refractivity contribution in [3.8, 4) is 5.88 Å². The number of aliphatic hydroxyl groups excluding tert-OH is 2. The lowest BCUT2D eigenvalue weighted by Gasteiger charge is -2.17. The minimum atomic E-state index is -1.11. The third-order valence-corrected chi connectivity index (χ3v) is 5.87. The van der Waals surface area contributed by atoms with Crippen molar-refractivity contribution >= 4 is 43.6 Å². The molecule has 4 heterocycles.